The number of nitrogens with zero attached hydrogens (tertiary/aromatic N) is 2. The number of fused-ring (bicyclic) bond motifs is 3. The van der Waals surface area contributed by atoms with E-state index in [1.165, 1.54) is 7.11 Å². The van der Waals surface area contributed by atoms with Crippen LogP contribution in [0.15, 0.2) is 24.4 Å². The lowest BCUT2D eigenvalue weighted by Crippen LogP contribution is -2.53. The van der Waals surface area contributed by atoms with Crippen LogP contribution in [0.5, 0.6) is 0 Å². The predicted octanol–water partition coefficient (Wildman–Crippen LogP) is 3.02. The summed E-state index contributed by atoms with van der Waals surface area (Å²) in [6, 6.07) is 7.59. The average molecular weight is 420 g/mol. The van der Waals surface area contributed by atoms with Crippen LogP contribution in [-0.2, 0) is 4.74 Å². The number of alkyl carbamates (subject to hydrolysis) is 1. The van der Waals surface area contributed by atoms with Crippen molar-refractivity contribution in [2.24, 2.45) is 0 Å². The molecule has 160 valence electrons. The molecule has 0 aliphatic heterocycles. The summed E-state index contributed by atoms with van der Waals surface area (Å²) in [5.74, 6) is -0.226. The molecule has 1 saturated carbocycles. The highest BCUT2D eigenvalue weighted by molar-refractivity contribution is 6.14. The van der Waals surface area contributed by atoms with Crippen molar-refractivity contribution in [2.45, 2.75) is 44.8 Å². The van der Waals surface area contributed by atoms with E-state index >= 15 is 0 Å². The molecule has 0 bridgehead atoms. The molecular weight excluding hydrogens is 396 g/mol. The topological polar surface area (TPSA) is 132 Å². The fourth-order valence-electron chi connectivity index (χ4n) is 3.85. The van der Waals surface area contributed by atoms with Crippen LogP contribution in [0.3, 0.4) is 0 Å². The van der Waals surface area contributed by atoms with Crippen molar-refractivity contribution in [3.05, 3.63) is 35.5 Å². The van der Waals surface area contributed by atoms with Crippen LogP contribution >= 0.6 is 0 Å². The van der Waals surface area contributed by atoms with Crippen molar-refractivity contribution in [3.63, 3.8) is 0 Å². The number of rotatable bonds is 5. The summed E-state index contributed by atoms with van der Waals surface area (Å²) in [4.78, 5) is 32.2. The number of anilines is 1. The van der Waals surface area contributed by atoms with E-state index < -0.39 is 6.09 Å². The number of pyridine rings is 1. The SMILES string of the molecule is COC(=O)N[C@H]1C[C@H](NC(=O)c2cnc3c([nH]c4cc(C#N)ccc43)c2NC(C)C)C1. The molecule has 0 spiro atoms. The lowest BCUT2D eigenvalue weighted by atomic mass is 9.86. The van der Waals surface area contributed by atoms with Gasteiger partial charge in [-0.3, -0.25) is 9.78 Å². The van der Waals surface area contributed by atoms with Crippen molar-refractivity contribution in [1.29, 1.82) is 5.26 Å². The molecule has 1 aliphatic carbocycles. The molecule has 1 fully saturated rings. The summed E-state index contributed by atoms with van der Waals surface area (Å²) in [5.41, 5.74) is 3.93. The van der Waals surface area contributed by atoms with Gasteiger partial charge >= 0.3 is 6.09 Å². The van der Waals surface area contributed by atoms with E-state index in [9.17, 15) is 14.9 Å². The second kappa shape index (κ2) is 8.14. The van der Waals surface area contributed by atoms with Crippen molar-refractivity contribution in [2.75, 3.05) is 12.4 Å². The average Bonchev–Trinajstić information content (AvgIpc) is 3.09. The number of hydrogen-bond acceptors (Lipinski definition) is 6. The highest BCUT2D eigenvalue weighted by atomic mass is 16.5. The van der Waals surface area contributed by atoms with Gasteiger partial charge in [0.1, 0.15) is 0 Å². The number of nitrogens with one attached hydrogen (secondary N) is 4. The number of benzene rings is 1. The number of carbonyl (C=O) groups is 2. The van der Waals surface area contributed by atoms with Gasteiger partial charge in [0.25, 0.3) is 5.91 Å². The van der Waals surface area contributed by atoms with Gasteiger partial charge in [-0.15, -0.1) is 0 Å². The molecular formula is C22H24N6O3. The lowest BCUT2D eigenvalue weighted by Gasteiger charge is -2.35. The third kappa shape index (κ3) is 3.97. The van der Waals surface area contributed by atoms with Gasteiger partial charge in [0.15, 0.2) is 0 Å². The quantitative estimate of drug-likeness (QED) is 0.502. The first-order valence-corrected chi connectivity index (χ1v) is 10.2. The number of H-pyrrole nitrogens is 1. The van der Waals surface area contributed by atoms with E-state index in [2.05, 4.69) is 36.7 Å². The Bertz CT molecular complexity index is 1200. The normalized spacial score (nSPS) is 17.8. The van der Waals surface area contributed by atoms with E-state index in [1.807, 2.05) is 19.9 Å². The number of aromatic nitrogens is 2. The molecule has 2 aromatic heterocycles. The Balaban J connectivity index is 1.62. The summed E-state index contributed by atoms with van der Waals surface area (Å²) in [6.07, 6.45) is 2.40. The van der Waals surface area contributed by atoms with E-state index in [0.717, 1.165) is 21.9 Å². The monoisotopic (exact) mass is 420 g/mol. The predicted molar refractivity (Wildman–Crippen MR) is 117 cm³/mol. The second-order valence-electron chi connectivity index (χ2n) is 8.04. The van der Waals surface area contributed by atoms with E-state index in [1.54, 1.807) is 18.3 Å². The molecule has 0 unspecified atom stereocenters. The second-order valence-corrected chi connectivity index (χ2v) is 8.04. The number of aromatic amines is 1. The highest BCUT2D eigenvalue weighted by Crippen LogP contribution is 2.32. The van der Waals surface area contributed by atoms with Crippen LogP contribution < -0.4 is 16.0 Å². The van der Waals surface area contributed by atoms with Crippen LogP contribution in [0.1, 0.15) is 42.6 Å². The van der Waals surface area contributed by atoms with Crippen LogP contribution in [0.25, 0.3) is 21.9 Å². The zero-order valence-corrected chi connectivity index (χ0v) is 17.6. The third-order valence-electron chi connectivity index (χ3n) is 5.40. The van der Waals surface area contributed by atoms with Gasteiger partial charge in [-0.05, 0) is 44.9 Å². The molecule has 31 heavy (non-hydrogen) atoms. The minimum Gasteiger partial charge on any atom is -0.453 e. The number of methoxy groups -OCH3 is 1. The highest BCUT2D eigenvalue weighted by Gasteiger charge is 2.32. The molecule has 4 N–H and O–H groups in total. The molecule has 9 nitrogen and oxygen atoms in total. The molecule has 3 aromatic rings. The maximum atomic E-state index is 13.0. The van der Waals surface area contributed by atoms with Gasteiger partial charge in [-0.1, -0.05) is 0 Å². The van der Waals surface area contributed by atoms with Crippen molar-refractivity contribution in [1.82, 2.24) is 20.6 Å². The van der Waals surface area contributed by atoms with E-state index in [4.69, 9.17) is 0 Å². The molecule has 1 aliphatic rings. The number of carbonyl (C=O) groups excluding carboxylic acids is 2. The Hall–Kier alpha value is -3.80. The molecule has 4 rings (SSSR count). The standard InChI is InChI=1S/C22H24N6O3/c1-11(2)25-19-16(21(29)26-13-7-14(8-13)27-22(30)31-3)10-24-18-15-5-4-12(9-23)6-17(15)28-20(18)19/h4-6,10-11,13-14,28H,7-8H2,1-3H3,(H,24,25)(H,26,29)(H,27,30)/t13-,14-. The van der Waals surface area contributed by atoms with Gasteiger partial charge in [0.2, 0.25) is 0 Å². The molecule has 0 atom stereocenters. The van der Waals surface area contributed by atoms with E-state index in [0.29, 0.717) is 29.7 Å². The Labute approximate surface area is 179 Å². The zero-order chi connectivity index (χ0) is 22.1. The maximum Gasteiger partial charge on any atom is 0.407 e. The molecule has 9 heteroatoms. The molecule has 0 saturated heterocycles. The van der Waals surface area contributed by atoms with Gasteiger partial charge in [0.05, 0.1) is 41.0 Å². The fourth-order valence-corrected chi connectivity index (χ4v) is 3.85. The van der Waals surface area contributed by atoms with Crippen molar-refractivity contribution in [3.8, 4) is 6.07 Å². The Morgan fingerprint density at radius 1 is 1.26 bits per heavy atom. The Morgan fingerprint density at radius 3 is 2.68 bits per heavy atom. The molecule has 0 radical (unpaired) electrons. The zero-order valence-electron chi connectivity index (χ0n) is 17.6. The smallest absolute Gasteiger partial charge is 0.407 e. The summed E-state index contributed by atoms with van der Waals surface area (Å²) >= 11 is 0. The first kappa shape index (κ1) is 20.5. The largest absolute Gasteiger partial charge is 0.453 e. The Kier molecular flexibility index (Phi) is 5.38. The van der Waals surface area contributed by atoms with Crippen molar-refractivity contribution >= 4 is 39.6 Å². The third-order valence-corrected chi connectivity index (χ3v) is 5.40. The number of ether oxygens (including phenoxy) is 1. The van der Waals surface area contributed by atoms with Crippen LogP contribution in [0.4, 0.5) is 10.5 Å². The number of amides is 2. The summed E-state index contributed by atoms with van der Waals surface area (Å²) in [6.45, 7) is 4.00. The number of nitriles is 1. The first-order chi connectivity index (χ1) is 14.9. The van der Waals surface area contributed by atoms with Gasteiger partial charge in [-0.2, -0.15) is 5.26 Å². The molecule has 2 amide bonds. The molecule has 2 heterocycles. The summed E-state index contributed by atoms with van der Waals surface area (Å²) < 4.78 is 4.60. The molecule has 1 aromatic carbocycles. The van der Waals surface area contributed by atoms with Crippen molar-refractivity contribution < 1.29 is 14.3 Å². The maximum absolute atomic E-state index is 13.0. The van der Waals surface area contributed by atoms with E-state index in [-0.39, 0.29) is 24.0 Å². The van der Waals surface area contributed by atoms with Crippen LogP contribution in [0, 0.1) is 11.3 Å². The van der Waals surface area contributed by atoms with Crippen LogP contribution in [-0.4, -0.2) is 47.2 Å². The fraction of sp³-hybridized carbons (Fsp3) is 0.364. The van der Waals surface area contributed by atoms with Gasteiger partial charge in [0, 0.05) is 35.2 Å². The number of hydrogen-bond donors (Lipinski definition) is 4. The van der Waals surface area contributed by atoms with Gasteiger partial charge in [-0.25, -0.2) is 4.79 Å². The summed E-state index contributed by atoms with van der Waals surface area (Å²) in [5, 5.41) is 19.2. The first-order valence-electron chi connectivity index (χ1n) is 10.2. The Morgan fingerprint density at radius 2 is 2.00 bits per heavy atom. The van der Waals surface area contributed by atoms with Gasteiger partial charge < -0.3 is 25.7 Å². The summed E-state index contributed by atoms with van der Waals surface area (Å²) in [7, 11) is 1.32. The van der Waals surface area contributed by atoms with Crippen LogP contribution in [0.2, 0.25) is 0 Å². The minimum absolute atomic E-state index is 0.00495. The lowest BCUT2D eigenvalue weighted by molar-refractivity contribution is 0.0901. The minimum atomic E-state index is -0.466.